The Hall–Kier alpha value is -1.45. The summed E-state index contributed by atoms with van der Waals surface area (Å²) in [7, 11) is 0. The molecule has 0 amide bonds. The van der Waals surface area contributed by atoms with Crippen LogP contribution >= 0.6 is 0 Å². The highest BCUT2D eigenvalue weighted by atomic mass is 16.5. The summed E-state index contributed by atoms with van der Waals surface area (Å²) in [5.41, 5.74) is 0. The van der Waals surface area contributed by atoms with Crippen molar-refractivity contribution in [1.29, 1.82) is 0 Å². The molecule has 23 heavy (non-hydrogen) atoms. The van der Waals surface area contributed by atoms with E-state index in [9.17, 15) is 4.79 Å². The molecule has 0 saturated heterocycles. The summed E-state index contributed by atoms with van der Waals surface area (Å²) in [5.74, 6) is -0.867. The Morgan fingerprint density at radius 3 is 2.22 bits per heavy atom. The highest BCUT2D eigenvalue weighted by Crippen LogP contribution is 2.22. The molecule has 0 saturated carbocycles. The van der Waals surface area contributed by atoms with Crippen LogP contribution in [0, 0.1) is 0 Å². The first-order valence-electron chi connectivity index (χ1n) is 9.12. The predicted octanol–water partition coefficient (Wildman–Crippen LogP) is 6.06. The summed E-state index contributed by atoms with van der Waals surface area (Å²) in [6.07, 6.45) is 15.4. The lowest BCUT2D eigenvalue weighted by Crippen LogP contribution is -2.13. The second-order valence-corrected chi connectivity index (χ2v) is 6.32. The fourth-order valence-corrected chi connectivity index (χ4v) is 2.74. The fourth-order valence-electron chi connectivity index (χ4n) is 2.74. The maximum absolute atomic E-state index is 10.9. The molecule has 132 valence electrons. The van der Waals surface area contributed by atoms with Gasteiger partial charge in [-0.05, 0) is 19.8 Å². The van der Waals surface area contributed by atoms with E-state index in [1.165, 1.54) is 64.1 Å². The lowest BCUT2D eigenvalue weighted by atomic mass is 10.0. The van der Waals surface area contributed by atoms with E-state index in [2.05, 4.69) is 6.92 Å². The van der Waals surface area contributed by atoms with Crippen molar-refractivity contribution in [3.63, 3.8) is 0 Å². The highest BCUT2D eigenvalue weighted by molar-refractivity contribution is 5.87. The summed E-state index contributed by atoms with van der Waals surface area (Å²) in [6, 6.07) is 1.57. The minimum absolute atomic E-state index is 0.0137. The van der Waals surface area contributed by atoms with Crippen LogP contribution in [-0.4, -0.2) is 17.2 Å². The van der Waals surface area contributed by atoms with E-state index < -0.39 is 5.97 Å². The van der Waals surface area contributed by atoms with Crippen LogP contribution in [0.1, 0.15) is 95.0 Å². The second-order valence-electron chi connectivity index (χ2n) is 6.32. The molecule has 1 aromatic rings. The molecule has 0 spiro atoms. The zero-order valence-electron chi connectivity index (χ0n) is 14.7. The van der Waals surface area contributed by atoms with E-state index in [1.54, 1.807) is 6.07 Å². The van der Waals surface area contributed by atoms with Crippen molar-refractivity contribution in [2.24, 2.45) is 0 Å². The van der Waals surface area contributed by atoms with Crippen LogP contribution in [0.3, 0.4) is 0 Å². The molecule has 0 radical (unpaired) electrons. The molecule has 0 bridgehead atoms. The quantitative estimate of drug-likeness (QED) is 0.423. The Morgan fingerprint density at radius 2 is 1.65 bits per heavy atom. The lowest BCUT2D eigenvalue weighted by Gasteiger charge is -2.13. The third-order valence-corrected chi connectivity index (χ3v) is 4.12. The van der Waals surface area contributed by atoms with E-state index in [4.69, 9.17) is 14.3 Å². The topological polar surface area (TPSA) is 59.7 Å². The summed E-state index contributed by atoms with van der Waals surface area (Å²) in [4.78, 5) is 10.9. The molecular weight excluding hydrogens is 292 g/mol. The number of hydrogen-bond donors (Lipinski definition) is 1. The second kappa shape index (κ2) is 12.0. The Bertz CT molecular complexity index is 425. The molecule has 4 heteroatoms. The highest BCUT2D eigenvalue weighted by Gasteiger charge is 2.17. The van der Waals surface area contributed by atoms with Crippen molar-refractivity contribution in [3.05, 3.63) is 18.1 Å². The predicted molar refractivity (Wildman–Crippen MR) is 92.2 cm³/mol. The van der Waals surface area contributed by atoms with Gasteiger partial charge in [0.25, 0.3) is 5.76 Å². The van der Waals surface area contributed by atoms with Gasteiger partial charge < -0.3 is 14.3 Å². The zero-order valence-corrected chi connectivity index (χ0v) is 14.7. The number of carboxylic acid groups (broad SMARTS) is 1. The van der Waals surface area contributed by atoms with Gasteiger partial charge in [0.05, 0.1) is 12.4 Å². The van der Waals surface area contributed by atoms with Crippen molar-refractivity contribution in [3.8, 4) is 5.75 Å². The van der Waals surface area contributed by atoms with Crippen molar-refractivity contribution >= 4 is 5.97 Å². The first kappa shape index (κ1) is 19.6. The molecule has 1 atom stereocenters. The fraction of sp³-hybridized carbons (Fsp3) is 0.737. The number of rotatable bonds is 14. The lowest BCUT2D eigenvalue weighted by molar-refractivity contribution is 0.0652. The molecule has 0 aliphatic rings. The van der Waals surface area contributed by atoms with Gasteiger partial charge in [-0.2, -0.15) is 0 Å². The largest absolute Gasteiger partial charge is 0.486 e. The van der Waals surface area contributed by atoms with E-state index >= 15 is 0 Å². The summed E-state index contributed by atoms with van der Waals surface area (Å²) < 4.78 is 10.6. The minimum atomic E-state index is -1.09. The smallest absolute Gasteiger partial charge is 0.375 e. The summed E-state index contributed by atoms with van der Waals surface area (Å²) in [5, 5.41) is 8.96. The molecule has 0 fully saturated rings. The number of hydrogen-bond acceptors (Lipinski definition) is 3. The SMILES string of the molecule is CCCCCCCCCCCCC(C)Oc1ccoc1C(=O)O. The van der Waals surface area contributed by atoms with Crippen LogP contribution in [0.2, 0.25) is 0 Å². The normalized spacial score (nSPS) is 12.3. The van der Waals surface area contributed by atoms with Gasteiger partial charge in [-0.15, -0.1) is 0 Å². The summed E-state index contributed by atoms with van der Waals surface area (Å²) in [6.45, 7) is 4.23. The Kier molecular flexibility index (Phi) is 10.3. The number of furan rings is 1. The first-order valence-corrected chi connectivity index (χ1v) is 9.12. The molecule has 1 rings (SSSR count). The van der Waals surface area contributed by atoms with Gasteiger partial charge in [0.15, 0.2) is 5.75 Å². The van der Waals surface area contributed by atoms with Gasteiger partial charge in [0.1, 0.15) is 0 Å². The van der Waals surface area contributed by atoms with E-state index in [0.717, 1.165) is 12.8 Å². The molecule has 1 unspecified atom stereocenters. The van der Waals surface area contributed by atoms with Crippen molar-refractivity contribution in [2.75, 3.05) is 0 Å². The Balaban J connectivity index is 2.01. The standard InChI is InChI=1S/C19H32O4/c1-3-4-5-6-7-8-9-10-11-12-13-16(2)23-17-14-15-22-18(17)19(20)21/h14-16H,3-13H2,1-2H3,(H,20,21). The maximum Gasteiger partial charge on any atom is 0.375 e. The van der Waals surface area contributed by atoms with Crippen LogP contribution in [0.15, 0.2) is 16.7 Å². The van der Waals surface area contributed by atoms with E-state index in [1.807, 2.05) is 6.92 Å². The van der Waals surface area contributed by atoms with Gasteiger partial charge in [0, 0.05) is 6.07 Å². The van der Waals surface area contributed by atoms with Gasteiger partial charge in [-0.1, -0.05) is 64.7 Å². The van der Waals surface area contributed by atoms with Gasteiger partial charge in [-0.25, -0.2) is 4.79 Å². The third kappa shape index (κ3) is 8.68. The van der Waals surface area contributed by atoms with E-state index in [-0.39, 0.29) is 11.9 Å². The number of carboxylic acids is 1. The average molecular weight is 324 g/mol. The third-order valence-electron chi connectivity index (χ3n) is 4.12. The molecule has 0 aromatic carbocycles. The molecular formula is C19H32O4. The van der Waals surface area contributed by atoms with Crippen LogP contribution in [-0.2, 0) is 0 Å². The van der Waals surface area contributed by atoms with Gasteiger partial charge in [-0.3, -0.25) is 0 Å². The van der Waals surface area contributed by atoms with Crippen molar-refractivity contribution in [2.45, 2.75) is 90.6 Å². The molecule has 0 aliphatic carbocycles. The number of aromatic carboxylic acids is 1. The van der Waals surface area contributed by atoms with Crippen LogP contribution in [0.5, 0.6) is 5.75 Å². The summed E-state index contributed by atoms with van der Waals surface area (Å²) >= 11 is 0. The van der Waals surface area contributed by atoms with Crippen LogP contribution in [0.4, 0.5) is 0 Å². The van der Waals surface area contributed by atoms with Crippen molar-refractivity contribution in [1.82, 2.24) is 0 Å². The first-order chi connectivity index (χ1) is 11.1. The van der Waals surface area contributed by atoms with E-state index in [0.29, 0.717) is 5.75 Å². The Labute approximate surface area is 140 Å². The molecule has 1 heterocycles. The Morgan fingerprint density at radius 1 is 1.09 bits per heavy atom. The zero-order chi connectivity index (χ0) is 16.9. The number of ether oxygens (including phenoxy) is 1. The number of unbranched alkanes of at least 4 members (excludes halogenated alkanes) is 9. The average Bonchev–Trinajstić information content (AvgIpc) is 2.97. The van der Waals surface area contributed by atoms with Gasteiger partial charge in [0.2, 0.25) is 0 Å². The van der Waals surface area contributed by atoms with Crippen molar-refractivity contribution < 1.29 is 19.1 Å². The maximum atomic E-state index is 10.9. The molecule has 0 aliphatic heterocycles. The van der Waals surface area contributed by atoms with Crippen LogP contribution in [0.25, 0.3) is 0 Å². The van der Waals surface area contributed by atoms with Crippen LogP contribution < -0.4 is 4.74 Å². The molecule has 4 nitrogen and oxygen atoms in total. The molecule has 1 N–H and O–H groups in total. The number of carbonyl (C=O) groups is 1. The monoisotopic (exact) mass is 324 g/mol. The molecule has 1 aromatic heterocycles. The minimum Gasteiger partial charge on any atom is -0.486 e. The van der Waals surface area contributed by atoms with Gasteiger partial charge >= 0.3 is 5.97 Å².